The Morgan fingerprint density at radius 2 is 1.69 bits per heavy atom. The predicted octanol–water partition coefficient (Wildman–Crippen LogP) is 5.85. The topological polar surface area (TPSA) is 82.6 Å². The molecule has 4 aromatic rings. The molecule has 1 aromatic heterocycles. The molecule has 1 heterocycles. The number of nitro groups is 1. The van der Waals surface area contributed by atoms with Crippen LogP contribution in [0.5, 0.6) is 0 Å². The van der Waals surface area contributed by atoms with Crippen molar-refractivity contribution in [1.29, 1.82) is 0 Å². The van der Waals surface area contributed by atoms with Gasteiger partial charge in [-0.1, -0.05) is 42.5 Å². The maximum atomic E-state index is 12.6. The van der Waals surface area contributed by atoms with Gasteiger partial charge in [-0.05, 0) is 30.7 Å². The molecule has 0 amide bonds. The van der Waals surface area contributed by atoms with E-state index in [0.29, 0.717) is 27.7 Å². The van der Waals surface area contributed by atoms with Gasteiger partial charge in [-0.15, -0.1) is 0 Å². The van der Waals surface area contributed by atoms with Crippen LogP contribution in [0.4, 0.5) is 5.69 Å². The lowest BCUT2D eigenvalue weighted by Gasteiger charge is -2.09. The lowest BCUT2D eigenvalue weighted by molar-refractivity contribution is -0.384. The van der Waals surface area contributed by atoms with Crippen molar-refractivity contribution in [2.75, 3.05) is 6.61 Å². The van der Waals surface area contributed by atoms with Gasteiger partial charge in [-0.3, -0.25) is 10.1 Å². The van der Waals surface area contributed by atoms with E-state index in [1.165, 1.54) is 12.3 Å². The monoisotopic (exact) mass is 387 g/mol. The number of furan rings is 1. The summed E-state index contributed by atoms with van der Waals surface area (Å²) < 4.78 is 11.1. The highest BCUT2D eigenvalue weighted by Gasteiger charge is 2.24. The summed E-state index contributed by atoms with van der Waals surface area (Å²) in [5.74, 6) is -0.502. The second kappa shape index (κ2) is 7.59. The van der Waals surface area contributed by atoms with Gasteiger partial charge in [0.2, 0.25) is 0 Å². The van der Waals surface area contributed by atoms with E-state index < -0.39 is 10.9 Å². The van der Waals surface area contributed by atoms with Crippen LogP contribution in [-0.2, 0) is 4.74 Å². The molecule has 0 atom stereocenters. The third kappa shape index (κ3) is 3.25. The largest absolute Gasteiger partial charge is 0.463 e. The maximum absolute atomic E-state index is 12.6. The van der Waals surface area contributed by atoms with Gasteiger partial charge in [0.05, 0.1) is 28.9 Å². The fourth-order valence-electron chi connectivity index (χ4n) is 3.43. The van der Waals surface area contributed by atoms with Crippen molar-refractivity contribution in [3.8, 4) is 22.3 Å². The molecule has 6 heteroatoms. The lowest BCUT2D eigenvalue weighted by Crippen LogP contribution is -2.05. The minimum atomic E-state index is -0.502. The number of fused-ring (bicyclic) bond motifs is 1. The first-order valence-corrected chi connectivity index (χ1v) is 9.12. The summed E-state index contributed by atoms with van der Waals surface area (Å²) in [6.45, 7) is 1.95. The van der Waals surface area contributed by atoms with Crippen LogP contribution in [0.3, 0.4) is 0 Å². The molecule has 0 aliphatic heterocycles. The highest BCUT2D eigenvalue weighted by molar-refractivity contribution is 6.13. The molecule has 0 fully saturated rings. The van der Waals surface area contributed by atoms with Crippen LogP contribution in [0, 0.1) is 10.1 Å². The van der Waals surface area contributed by atoms with Crippen molar-refractivity contribution in [2.45, 2.75) is 6.92 Å². The van der Waals surface area contributed by atoms with E-state index in [-0.39, 0.29) is 12.3 Å². The van der Waals surface area contributed by atoms with Gasteiger partial charge in [0.15, 0.2) is 0 Å². The van der Waals surface area contributed by atoms with E-state index >= 15 is 0 Å². The summed E-state index contributed by atoms with van der Waals surface area (Å²) in [6, 6.07) is 19.5. The highest BCUT2D eigenvalue weighted by Crippen LogP contribution is 2.41. The minimum Gasteiger partial charge on any atom is -0.463 e. The highest BCUT2D eigenvalue weighted by atomic mass is 16.6. The van der Waals surface area contributed by atoms with E-state index in [2.05, 4.69) is 0 Å². The SMILES string of the molecule is CCOC(=O)c1ccc(-c2ccccc2)c2occ(-c3ccccc3[N+](=O)[O-])c12. The smallest absolute Gasteiger partial charge is 0.338 e. The summed E-state index contributed by atoms with van der Waals surface area (Å²) in [4.78, 5) is 23.7. The summed E-state index contributed by atoms with van der Waals surface area (Å²) in [5.41, 5.74) is 3.29. The molecular weight excluding hydrogens is 370 g/mol. The summed E-state index contributed by atoms with van der Waals surface area (Å²) in [7, 11) is 0. The average Bonchev–Trinajstić information content (AvgIpc) is 3.19. The first kappa shape index (κ1) is 18.4. The molecule has 0 aliphatic rings. The molecular formula is C23H17NO5. The Bertz CT molecular complexity index is 1210. The summed E-state index contributed by atoms with van der Waals surface area (Å²) >= 11 is 0. The molecule has 4 rings (SSSR count). The Morgan fingerprint density at radius 3 is 2.41 bits per heavy atom. The van der Waals surface area contributed by atoms with E-state index in [4.69, 9.17) is 9.15 Å². The first-order valence-electron chi connectivity index (χ1n) is 9.12. The van der Waals surface area contributed by atoms with Crippen molar-refractivity contribution in [1.82, 2.24) is 0 Å². The number of esters is 1. The van der Waals surface area contributed by atoms with Crippen molar-refractivity contribution < 1.29 is 18.9 Å². The van der Waals surface area contributed by atoms with Gasteiger partial charge >= 0.3 is 5.97 Å². The van der Waals surface area contributed by atoms with E-state index in [1.54, 1.807) is 37.3 Å². The Kier molecular flexibility index (Phi) is 4.83. The van der Waals surface area contributed by atoms with Gasteiger partial charge < -0.3 is 9.15 Å². The van der Waals surface area contributed by atoms with Crippen LogP contribution in [0.1, 0.15) is 17.3 Å². The third-order valence-corrected chi connectivity index (χ3v) is 4.69. The van der Waals surface area contributed by atoms with Gasteiger partial charge in [-0.25, -0.2) is 4.79 Å². The number of carbonyl (C=O) groups excluding carboxylic acids is 1. The number of hydrogen-bond acceptors (Lipinski definition) is 5. The zero-order valence-electron chi connectivity index (χ0n) is 15.6. The van der Waals surface area contributed by atoms with Crippen LogP contribution >= 0.6 is 0 Å². The molecule has 0 saturated heterocycles. The Labute approximate surface area is 166 Å². The van der Waals surface area contributed by atoms with E-state index in [9.17, 15) is 14.9 Å². The second-order valence-electron chi connectivity index (χ2n) is 6.37. The van der Waals surface area contributed by atoms with Crippen LogP contribution in [0.25, 0.3) is 33.2 Å². The molecule has 144 valence electrons. The van der Waals surface area contributed by atoms with Crippen LogP contribution in [0.2, 0.25) is 0 Å². The maximum Gasteiger partial charge on any atom is 0.338 e. The second-order valence-corrected chi connectivity index (χ2v) is 6.37. The zero-order chi connectivity index (χ0) is 20.4. The van der Waals surface area contributed by atoms with Crippen molar-refractivity contribution in [2.24, 2.45) is 0 Å². The Hall–Kier alpha value is -3.93. The molecule has 29 heavy (non-hydrogen) atoms. The van der Waals surface area contributed by atoms with Gasteiger partial charge in [0.25, 0.3) is 5.69 Å². The Morgan fingerprint density at radius 1 is 0.966 bits per heavy atom. The fraction of sp³-hybridized carbons (Fsp3) is 0.0870. The Balaban J connectivity index is 2.04. The van der Waals surface area contributed by atoms with Gasteiger partial charge in [0.1, 0.15) is 5.58 Å². The molecule has 6 nitrogen and oxygen atoms in total. The number of nitrogens with zero attached hydrogens (tertiary/aromatic N) is 1. The average molecular weight is 387 g/mol. The number of ether oxygens (including phenoxy) is 1. The normalized spacial score (nSPS) is 10.8. The molecule has 0 spiro atoms. The van der Waals surface area contributed by atoms with E-state index in [0.717, 1.165) is 11.1 Å². The third-order valence-electron chi connectivity index (χ3n) is 4.69. The standard InChI is InChI=1S/C23H17NO5/c1-2-28-23(25)18-13-12-16(15-8-4-3-5-9-15)22-21(18)19(14-29-22)17-10-6-7-11-20(17)24(26)27/h3-14H,2H2,1H3. The predicted molar refractivity (Wildman–Crippen MR) is 110 cm³/mol. The lowest BCUT2D eigenvalue weighted by atomic mass is 9.95. The van der Waals surface area contributed by atoms with E-state index in [1.807, 2.05) is 30.3 Å². The summed E-state index contributed by atoms with van der Waals surface area (Å²) in [5, 5.41) is 12.0. The molecule has 0 aliphatic carbocycles. The number of benzene rings is 3. The fourth-order valence-corrected chi connectivity index (χ4v) is 3.43. The van der Waals surface area contributed by atoms with Gasteiger partial charge in [-0.2, -0.15) is 0 Å². The van der Waals surface area contributed by atoms with Crippen LogP contribution in [-0.4, -0.2) is 17.5 Å². The minimum absolute atomic E-state index is 0.0601. The number of hydrogen-bond donors (Lipinski definition) is 0. The molecule has 0 saturated carbocycles. The molecule has 0 unspecified atom stereocenters. The van der Waals surface area contributed by atoms with Crippen molar-refractivity contribution in [3.05, 3.63) is 88.7 Å². The first-order chi connectivity index (χ1) is 14.1. The quantitative estimate of drug-likeness (QED) is 0.244. The molecule has 0 bridgehead atoms. The number of nitro benzene ring substituents is 1. The molecule has 0 N–H and O–H groups in total. The number of carbonyl (C=O) groups is 1. The van der Waals surface area contributed by atoms with Crippen molar-refractivity contribution in [3.63, 3.8) is 0 Å². The van der Waals surface area contributed by atoms with Gasteiger partial charge in [0, 0.05) is 22.6 Å². The molecule has 0 radical (unpaired) electrons. The van der Waals surface area contributed by atoms with Crippen LogP contribution < -0.4 is 0 Å². The van der Waals surface area contributed by atoms with Crippen LogP contribution in [0.15, 0.2) is 77.4 Å². The van der Waals surface area contributed by atoms with Crippen molar-refractivity contribution >= 4 is 22.6 Å². The molecule has 3 aromatic carbocycles. The number of para-hydroxylation sites is 1. The zero-order valence-corrected chi connectivity index (χ0v) is 15.6. The number of rotatable bonds is 5. The summed E-state index contributed by atoms with van der Waals surface area (Å²) in [6.07, 6.45) is 1.46.